The van der Waals surface area contributed by atoms with E-state index < -0.39 is 5.95 Å². The zero-order valence-electron chi connectivity index (χ0n) is 7.75. The van der Waals surface area contributed by atoms with Gasteiger partial charge in [0, 0.05) is 31.1 Å². The molecule has 3 nitrogen and oxygen atoms in total. The lowest BCUT2D eigenvalue weighted by atomic mass is 10.3. The van der Waals surface area contributed by atoms with Gasteiger partial charge in [0.1, 0.15) is 0 Å². The lowest BCUT2D eigenvalue weighted by molar-refractivity contribution is 0.190. The number of methoxy groups -OCH3 is 1. The molecule has 1 rings (SSSR count). The highest BCUT2D eigenvalue weighted by Gasteiger charge is 2.01. The second kappa shape index (κ2) is 4.77. The Kier molecular flexibility index (Phi) is 3.64. The fourth-order valence-corrected chi connectivity index (χ4v) is 1.07. The second-order valence-electron chi connectivity index (χ2n) is 2.87. The third-order valence-electron chi connectivity index (χ3n) is 1.56. The van der Waals surface area contributed by atoms with Crippen LogP contribution in [0.3, 0.4) is 0 Å². The van der Waals surface area contributed by atoms with Gasteiger partial charge in [-0.25, -0.2) is 4.98 Å². The summed E-state index contributed by atoms with van der Waals surface area (Å²) >= 11 is 0. The van der Waals surface area contributed by atoms with Crippen LogP contribution < -0.4 is 5.32 Å². The molecule has 0 spiro atoms. The summed E-state index contributed by atoms with van der Waals surface area (Å²) in [6.45, 7) is 2.55. The van der Waals surface area contributed by atoms with Crippen LogP contribution in [0.4, 0.5) is 10.1 Å². The smallest absolute Gasteiger partial charge is 0.214 e. The average molecular weight is 184 g/mol. The van der Waals surface area contributed by atoms with Gasteiger partial charge in [0.2, 0.25) is 5.95 Å². The maximum Gasteiger partial charge on any atom is 0.214 e. The molecule has 13 heavy (non-hydrogen) atoms. The summed E-state index contributed by atoms with van der Waals surface area (Å²) in [5.74, 6) is -0.477. The van der Waals surface area contributed by atoms with Crippen LogP contribution in [0.15, 0.2) is 18.3 Å². The number of pyridine rings is 1. The van der Waals surface area contributed by atoms with Crippen molar-refractivity contribution in [2.45, 2.75) is 13.0 Å². The van der Waals surface area contributed by atoms with Gasteiger partial charge in [-0.05, 0) is 13.0 Å². The molecule has 1 aromatic heterocycles. The summed E-state index contributed by atoms with van der Waals surface area (Å²) in [7, 11) is 1.63. The topological polar surface area (TPSA) is 34.1 Å². The molecule has 1 atom stereocenters. The maximum absolute atomic E-state index is 12.6. The van der Waals surface area contributed by atoms with Gasteiger partial charge in [-0.1, -0.05) is 0 Å². The Morgan fingerprint density at radius 1 is 1.69 bits per heavy atom. The van der Waals surface area contributed by atoms with Gasteiger partial charge in [-0.2, -0.15) is 4.39 Å². The summed E-state index contributed by atoms with van der Waals surface area (Å²) in [5.41, 5.74) is 0.719. The molecule has 0 fully saturated rings. The van der Waals surface area contributed by atoms with E-state index in [4.69, 9.17) is 4.74 Å². The molecular formula is C9H13FN2O. The van der Waals surface area contributed by atoms with E-state index in [1.807, 2.05) is 6.92 Å². The molecule has 0 amide bonds. The number of nitrogens with zero attached hydrogens (tertiary/aromatic N) is 1. The first-order valence-electron chi connectivity index (χ1n) is 4.09. The van der Waals surface area contributed by atoms with Gasteiger partial charge in [-0.3, -0.25) is 0 Å². The monoisotopic (exact) mass is 184 g/mol. The minimum Gasteiger partial charge on any atom is -0.383 e. The zero-order valence-corrected chi connectivity index (χ0v) is 7.75. The number of hydrogen-bond donors (Lipinski definition) is 1. The van der Waals surface area contributed by atoms with Gasteiger partial charge in [0.15, 0.2) is 0 Å². The number of nitrogens with one attached hydrogen (secondary N) is 1. The van der Waals surface area contributed by atoms with Crippen LogP contribution in [-0.4, -0.2) is 24.7 Å². The van der Waals surface area contributed by atoms with Crippen molar-refractivity contribution in [1.82, 2.24) is 4.98 Å². The van der Waals surface area contributed by atoms with Crippen LogP contribution in [0.1, 0.15) is 6.92 Å². The van der Waals surface area contributed by atoms with E-state index in [1.165, 1.54) is 12.3 Å². The normalized spacial score (nSPS) is 12.5. The molecule has 1 heterocycles. The molecule has 0 saturated heterocycles. The number of ether oxygens (including phenoxy) is 1. The van der Waals surface area contributed by atoms with E-state index in [0.717, 1.165) is 5.69 Å². The number of anilines is 1. The van der Waals surface area contributed by atoms with Crippen molar-refractivity contribution in [1.29, 1.82) is 0 Å². The summed E-state index contributed by atoms with van der Waals surface area (Å²) < 4.78 is 17.6. The van der Waals surface area contributed by atoms with Gasteiger partial charge >= 0.3 is 0 Å². The molecule has 0 aliphatic carbocycles. The van der Waals surface area contributed by atoms with Crippen LogP contribution >= 0.6 is 0 Å². The second-order valence-corrected chi connectivity index (χ2v) is 2.87. The Balaban J connectivity index is 2.53. The number of halogens is 1. The van der Waals surface area contributed by atoms with E-state index in [-0.39, 0.29) is 6.04 Å². The Hall–Kier alpha value is -1.16. The Labute approximate surface area is 76.9 Å². The first kappa shape index (κ1) is 9.92. The third-order valence-corrected chi connectivity index (χ3v) is 1.56. The number of hydrogen-bond acceptors (Lipinski definition) is 3. The minimum atomic E-state index is -0.477. The van der Waals surface area contributed by atoms with Crippen molar-refractivity contribution in [2.75, 3.05) is 19.0 Å². The predicted octanol–water partition coefficient (Wildman–Crippen LogP) is 1.67. The molecule has 72 valence electrons. The van der Waals surface area contributed by atoms with Gasteiger partial charge in [0.05, 0.1) is 6.61 Å². The summed E-state index contributed by atoms with van der Waals surface area (Å²) in [5, 5.41) is 3.08. The molecule has 1 aromatic rings. The lowest BCUT2D eigenvalue weighted by Gasteiger charge is -2.13. The number of aromatic nitrogens is 1. The Morgan fingerprint density at radius 3 is 3.08 bits per heavy atom. The van der Waals surface area contributed by atoms with E-state index in [2.05, 4.69) is 10.3 Å². The molecule has 0 aromatic carbocycles. The summed E-state index contributed by atoms with van der Waals surface area (Å²) in [6, 6.07) is 3.23. The fraction of sp³-hybridized carbons (Fsp3) is 0.444. The molecule has 1 unspecified atom stereocenters. The van der Waals surface area contributed by atoms with Crippen LogP contribution in [0, 0.1) is 5.95 Å². The van der Waals surface area contributed by atoms with E-state index in [0.29, 0.717) is 6.61 Å². The molecule has 0 aliphatic rings. The molecule has 0 radical (unpaired) electrons. The van der Waals surface area contributed by atoms with Crippen LogP contribution in [-0.2, 0) is 4.74 Å². The maximum atomic E-state index is 12.6. The van der Waals surface area contributed by atoms with Gasteiger partial charge in [-0.15, -0.1) is 0 Å². The van der Waals surface area contributed by atoms with Crippen LogP contribution in [0.5, 0.6) is 0 Å². The fourth-order valence-electron chi connectivity index (χ4n) is 1.07. The highest BCUT2D eigenvalue weighted by atomic mass is 19.1. The number of rotatable bonds is 4. The van der Waals surface area contributed by atoms with Gasteiger partial charge < -0.3 is 10.1 Å². The van der Waals surface area contributed by atoms with Crippen molar-refractivity contribution in [3.8, 4) is 0 Å². The molecule has 0 saturated carbocycles. The lowest BCUT2D eigenvalue weighted by Crippen LogP contribution is -2.20. The Morgan fingerprint density at radius 2 is 2.46 bits per heavy atom. The van der Waals surface area contributed by atoms with E-state index >= 15 is 0 Å². The molecule has 0 bridgehead atoms. The quantitative estimate of drug-likeness (QED) is 0.723. The summed E-state index contributed by atoms with van der Waals surface area (Å²) in [4.78, 5) is 3.46. The highest BCUT2D eigenvalue weighted by molar-refractivity contribution is 5.41. The van der Waals surface area contributed by atoms with Crippen molar-refractivity contribution in [3.05, 3.63) is 24.3 Å². The minimum absolute atomic E-state index is 0.159. The van der Waals surface area contributed by atoms with E-state index in [1.54, 1.807) is 13.2 Å². The largest absolute Gasteiger partial charge is 0.383 e. The highest BCUT2D eigenvalue weighted by Crippen LogP contribution is 2.08. The van der Waals surface area contributed by atoms with Crippen molar-refractivity contribution in [3.63, 3.8) is 0 Å². The van der Waals surface area contributed by atoms with Crippen molar-refractivity contribution < 1.29 is 9.13 Å². The van der Waals surface area contributed by atoms with Crippen LogP contribution in [0.2, 0.25) is 0 Å². The standard InChI is InChI=1S/C9H13FN2O/c1-7(6-13-2)12-8-3-4-11-9(10)5-8/h3-5,7H,6H2,1-2H3,(H,11,12). The first-order chi connectivity index (χ1) is 6.22. The SMILES string of the molecule is COCC(C)Nc1ccnc(F)c1. The molecule has 4 heteroatoms. The third kappa shape index (κ3) is 3.38. The van der Waals surface area contributed by atoms with Crippen LogP contribution in [0.25, 0.3) is 0 Å². The summed E-state index contributed by atoms with van der Waals surface area (Å²) in [6.07, 6.45) is 1.43. The first-order valence-corrected chi connectivity index (χ1v) is 4.09. The van der Waals surface area contributed by atoms with Crippen molar-refractivity contribution >= 4 is 5.69 Å². The molecule has 1 N–H and O–H groups in total. The van der Waals surface area contributed by atoms with E-state index in [9.17, 15) is 4.39 Å². The Bertz CT molecular complexity index is 268. The average Bonchev–Trinajstić information content (AvgIpc) is 2.04. The zero-order chi connectivity index (χ0) is 9.68. The predicted molar refractivity (Wildman–Crippen MR) is 49.2 cm³/mol. The van der Waals surface area contributed by atoms with Crippen molar-refractivity contribution in [2.24, 2.45) is 0 Å². The molecule has 0 aliphatic heterocycles. The van der Waals surface area contributed by atoms with Gasteiger partial charge in [0.25, 0.3) is 0 Å². The molecular weight excluding hydrogens is 171 g/mol.